The molecule has 0 aromatic heterocycles. The predicted molar refractivity (Wildman–Crippen MR) is 99.2 cm³/mol. The molecule has 1 saturated heterocycles. The Morgan fingerprint density at radius 1 is 1.12 bits per heavy atom. The Bertz CT molecular complexity index is 774. The van der Waals surface area contributed by atoms with E-state index in [1.165, 1.54) is 5.56 Å². The second kappa shape index (κ2) is 6.53. The Morgan fingerprint density at radius 3 is 2.38 bits per heavy atom. The summed E-state index contributed by atoms with van der Waals surface area (Å²) >= 11 is 0. The zero-order valence-electron chi connectivity index (χ0n) is 15.2. The lowest BCUT2D eigenvalue weighted by atomic mass is 10.0. The van der Waals surface area contributed by atoms with E-state index >= 15 is 0 Å². The molecule has 1 saturated carbocycles. The van der Waals surface area contributed by atoms with Gasteiger partial charge in [-0.2, -0.15) is 0 Å². The van der Waals surface area contributed by atoms with Crippen LogP contribution in [0.25, 0.3) is 0 Å². The Morgan fingerprint density at radius 2 is 1.73 bits per heavy atom. The van der Waals surface area contributed by atoms with Crippen molar-refractivity contribution < 1.29 is 14.6 Å². The molecule has 1 amide bonds. The van der Waals surface area contributed by atoms with Crippen LogP contribution in [-0.4, -0.2) is 35.0 Å². The third-order valence-corrected chi connectivity index (χ3v) is 5.89. The molecule has 0 spiro atoms. The summed E-state index contributed by atoms with van der Waals surface area (Å²) in [5, 5.41) is 10.3. The molecule has 2 fully saturated rings. The summed E-state index contributed by atoms with van der Waals surface area (Å²) in [6, 6.07) is 20.1. The van der Waals surface area contributed by atoms with E-state index in [1.807, 2.05) is 48.5 Å². The molecular formula is C22H25NO3. The summed E-state index contributed by atoms with van der Waals surface area (Å²) in [6.07, 6.45) is -0.462. The molecular weight excluding hydrogens is 326 g/mol. The number of rotatable bonds is 4. The molecule has 2 aromatic carbocycles. The lowest BCUT2D eigenvalue weighted by Crippen LogP contribution is -2.44. The molecule has 1 unspecified atom stereocenters. The summed E-state index contributed by atoms with van der Waals surface area (Å²) in [5.74, 6) is 0.0516. The lowest BCUT2D eigenvalue weighted by molar-refractivity contribution is -0.167. The first kappa shape index (κ1) is 17.3. The zero-order chi connectivity index (χ0) is 18.3. The predicted octanol–water partition coefficient (Wildman–Crippen LogP) is 3.17. The number of aliphatic hydroxyl groups excluding tert-OH is 1. The van der Waals surface area contributed by atoms with Crippen LogP contribution < -0.4 is 0 Å². The minimum atomic E-state index is -1.15. The van der Waals surface area contributed by atoms with Gasteiger partial charge in [-0.05, 0) is 23.0 Å². The van der Waals surface area contributed by atoms with Crippen LogP contribution in [0.3, 0.4) is 0 Å². The van der Waals surface area contributed by atoms with Crippen molar-refractivity contribution in [2.45, 2.75) is 38.6 Å². The number of nitrogens with zero attached hydrogens (tertiary/aromatic N) is 1. The minimum Gasteiger partial charge on any atom is -0.351 e. The number of ether oxygens (including phenoxy) is 1. The number of aliphatic hydroxyl groups is 1. The van der Waals surface area contributed by atoms with Gasteiger partial charge in [0.1, 0.15) is 0 Å². The Hall–Kier alpha value is -2.17. The molecule has 4 rings (SSSR count). The van der Waals surface area contributed by atoms with E-state index in [0.29, 0.717) is 13.0 Å². The van der Waals surface area contributed by atoms with Crippen molar-refractivity contribution >= 4 is 5.91 Å². The minimum absolute atomic E-state index is 0.00483. The van der Waals surface area contributed by atoms with Gasteiger partial charge in [-0.15, -0.1) is 0 Å². The number of benzene rings is 2. The Kier molecular flexibility index (Phi) is 4.33. The van der Waals surface area contributed by atoms with Crippen molar-refractivity contribution in [2.75, 3.05) is 6.61 Å². The van der Waals surface area contributed by atoms with Gasteiger partial charge in [0.2, 0.25) is 12.3 Å². The van der Waals surface area contributed by atoms with Crippen LogP contribution >= 0.6 is 0 Å². The van der Waals surface area contributed by atoms with E-state index in [2.05, 4.69) is 26.0 Å². The molecule has 2 aromatic rings. The monoisotopic (exact) mass is 351 g/mol. The second-order valence-electron chi connectivity index (χ2n) is 7.94. The zero-order valence-corrected chi connectivity index (χ0v) is 15.2. The average molecular weight is 351 g/mol. The molecule has 0 radical (unpaired) electrons. The fourth-order valence-corrected chi connectivity index (χ4v) is 4.41. The fourth-order valence-electron chi connectivity index (χ4n) is 4.41. The highest BCUT2D eigenvalue weighted by Gasteiger charge is 2.64. The van der Waals surface area contributed by atoms with Gasteiger partial charge in [0.25, 0.3) is 0 Å². The molecule has 4 nitrogen and oxygen atoms in total. The number of hydrogen-bond donors (Lipinski definition) is 1. The maximum Gasteiger partial charge on any atom is 0.240 e. The van der Waals surface area contributed by atoms with E-state index in [9.17, 15) is 9.90 Å². The Labute approximate surface area is 154 Å². The maximum atomic E-state index is 13.3. The summed E-state index contributed by atoms with van der Waals surface area (Å²) < 4.78 is 5.42. The highest BCUT2D eigenvalue weighted by atomic mass is 16.6. The van der Waals surface area contributed by atoms with Crippen LogP contribution in [0.4, 0.5) is 0 Å². The molecule has 0 bridgehead atoms. The summed E-state index contributed by atoms with van der Waals surface area (Å²) in [6.45, 7) is 4.62. The number of amides is 1. The van der Waals surface area contributed by atoms with Crippen molar-refractivity contribution in [3.05, 3.63) is 71.8 Å². The van der Waals surface area contributed by atoms with Gasteiger partial charge in [0, 0.05) is 5.92 Å². The largest absolute Gasteiger partial charge is 0.351 e. The first-order chi connectivity index (χ1) is 12.5. The Balaban J connectivity index is 1.54. The van der Waals surface area contributed by atoms with E-state index < -0.39 is 6.41 Å². The van der Waals surface area contributed by atoms with Crippen molar-refractivity contribution in [1.82, 2.24) is 4.90 Å². The van der Waals surface area contributed by atoms with Crippen molar-refractivity contribution in [2.24, 2.45) is 11.3 Å². The highest BCUT2D eigenvalue weighted by Crippen LogP contribution is 2.65. The maximum absolute atomic E-state index is 13.3. The van der Waals surface area contributed by atoms with E-state index in [1.54, 1.807) is 4.90 Å². The first-order valence-corrected chi connectivity index (χ1v) is 9.21. The van der Waals surface area contributed by atoms with Crippen molar-refractivity contribution in [1.29, 1.82) is 0 Å². The number of carbonyl (C=O) groups is 1. The molecule has 1 N–H and O–H groups in total. The summed E-state index contributed by atoms with van der Waals surface area (Å²) in [7, 11) is 0. The van der Waals surface area contributed by atoms with Gasteiger partial charge in [0.05, 0.1) is 18.6 Å². The van der Waals surface area contributed by atoms with Crippen LogP contribution in [0.1, 0.15) is 30.9 Å². The third-order valence-electron chi connectivity index (χ3n) is 5.89. The van der Waals surface area contributed by atoms with Gasteiger partial charge in [-0.1, -0.05) is 74.5 Å². The second-order valence-corrected chi connectivity index (χ2v) is 7.94. The molecule has 4 atom stereocenters. The molecule has 1 aliphatic carbocycles. The standard InChI is InChI=1S/C22H25NO3/c1-22(2)18(16-11-7-4-8-12-16)19(22)20(24)23-17(14-26-21(23)25)13-15-9-5-3-6-10-15/h3-12,17-19,21,25H,13-14H2,1-2H3/t17-,18+,19-,21?/m0/s1. The van der Waals surface area contributed by atoms with Crippen LogP contribution in [-0.2, 0) is 16.0 Å². The van der Waals surface area contributed by atoms with Crippen LogP contribution in [0.2, 0.25) is 0 Å². The van der Waals surface area contributed by atoms with Gasteiger partial charge >= 0.3 is 0 Å². The molecule has 4 heteroatoms. The molecule has 1 heterocycles. The van der Waals surface area contributed by atoms with Crippen molar-refractivity contribution in [3.63, 3.8) is 0 Å². The van der Waals surface area contributed by atoms with Gasteiger partial charge in [0.15, 0.2) is 0 Å². The SMILES string of the molecule is CC1(C)[C@H](C(=O)N2C(O)OC[C@@H]2Cc2ccccc2)[C@H]1c1ccccc1. The lowest BCUT2D eigenvalue weighted by Gasteiger charge is -2.26. The van der Waals surface area contributed by atoms with Crippen LogP contribution in [0.15, 0.2) is 60.7 Å². The molecule has 1 aliphatic heterocycles. The molecule has 2 aliphatic rings. The van der Waals surface area contributed by atoms with E-state index in [0.717, 1.165) is 5.56 Å². The number of hydrogen-bond acceptors (Lipinski definition) is 3. The summed E-state index contributed by atoms with van der Waals surface area (Å²) in [4.78, 5) is 14.9. The van der Waals surface area contributed by atoms with Crippen LogP contribution in [0.5, 0.6) is 0 Å². The van der Waals surface area contributed by atoms with Crippen LogP contribution in [0, 0.1) is 11.3 Å². The average Bonchev–Trinajstić information content (AvgIpc) is 3.04. The number of carbonyl (C=O) groups excluding carboxylic acids is 1. The van der Waals surface area contributed by atoms with E-state index in [4.69, 9.17) is 4.74 Å². The molecule has 136 valence electrons. The van der Waals surface area contributed by atoms with Gasteiger partial charge in [-0.25, -0.2) is 0 Å². The van der Waals surface area contributed by atoms with E-state index in [-0.39, 0.29) is 29.2 Å². The van der Waals surface area contributed by atoms with Gasteiger partial charge in [-0.3, -0.25) is 9.69 Å². The third kappa shape index (κ3) is 2.93. The van der Waals surface area contributed by atoms with Crippen molar-refractivity contribution in [3.8, 4) is 0 Å². The van der Waals surface area contributed by atoms with Gasteiger partial charge < -0.3 is 9.84 Å². The topological polar surface area (TPSA) is 49.8 Å². The first-order valence-electron chi connectivity index (χ1n) is 9.21. The molecule has 26 heavy (non-hydrogen) atoms. The quantitative estimate of drug-likeness (QED) is 0.920. The summed E-state index contributed by atoms with van der Waals surface area (Å²) in [5.41, 5.74) is 2.21. The normalized spacial score (nSPS) is 29.6. The fraction of sp³-hybridized carbons (Fsp3) is 0.409. The highest BCUT2D eigenvalue weighted by molar-refractivity contribution is 5.85. The smallest absolute Gasteiger partial charge is 0.240 e.